The van der Waals surface area contributed by atoms with Crippen LogP contribution in [0.2, 0.25) is 0 Å². The van der Waals surface area contributed by atoms with Crippen LogP contribution in [0.25, 0.3) is 0 Å². The van der Waals surface area contributed by atoms with Crippen LogP contribution in [0, 0.1) is 0 Å². The van der Waals surface area contributed by atoms with Gasteiger partial charge in [0.05, 0.1) is 6.04 Å². The molecule has 98 valence electrons. The smallest absolute Gasteiger partial charge is 0.219 e. The van der Waals surface area contributed by atoms with Crippen molar-refractivity contribution in [3.63, 3.8) is 0 Å². The number of aromatic nitrogens is 4. The number of tetrazole rings is 1. The van der Waals surface area contributed by atoms with Gasteiger partial charge in [-0.05, 0) is 24.3 Å². The maximum atomic E-state index is 12.1. The largest absolute Gasteiger partial charge is 0.453 e. The molecule has 0 unspecified atom stereocenters. The van der Waals surface area contributed by atoms with E-state index in [0.717, 1.165) is 4.68 Å². The summed E-state index contributed by atoms with van der Waals surface area (Å²) in [6.07, 6.45) is -4.48. The molecule has 1 aromatic heterocycles. The molecule has 1 heterocycles. The molecule has 0 saturated carbocycles. The van der Waals surface area contributed by atoms with Crippen LogP contribution in [0.5, 0.6) is 0 Å². The van der Waals surface area contributed by atoms with Crippen LogP contribution in [-0.4, -0.2) is 20.2 Å². The maximum absolute atomic E-state index is 12.1. The molecule has 0 atom stereocenters. The van der Waals surface area contributed by atoms with Gasteiger partial charge in [0.15, 0.2) is 0 Å². The van der Waals surface area contributed by atoms with Crippen molar-refractivity contribution in [3.8, 4) is 0 Å². The molecular formula is C11H13F3N4. The topological polar surface area (TPSA) is 43.6 Å². The molecule has 0 spiro atoms. The molecule has 0 saturated heterocycles. The van der Waals surface area contributed by atoms with Gasteiger partial charge in [0.1, 0.15) is 0 Å². The first-order valence-corrected chi connectivity index (χ1v) is 5.28. The van der Waals surface area contributed by atoms with E-state index in [9.17, 15) is 13.2 Å². The van der Waals surface area contributed by atoms with Crippen molar-refractivity contribution in [2.24, 2.45) is 0 Å². The summed E-state index contributed by atoms with van der Waals surface area (Å²) >= 11 is 0. The summed E-state index contributed by atoms with van der Waals surface area (Å²) in [5, 5.41) is 9.06. The lowest BCUT2D eigenvalue weighted by Gasteiger charge is -2.09. The Morgan fingerprint density at radius 3 is 1.72 bits per heavy atom. The highest BCUT2D eigenvalue weighted by Gasteiger charge is 2.38. The molecule has 0 amide bonds. The molecule has 2 rings (SSSR count). The summed E-state index contributed by atoms with van der Waals surface area (Å²) < 4.78 is 37.0. The van der Waals surface area contributed by atoms with E-state index < -0.39 is 18.0 Å². The molecule has 0 radical (unpaired) electrons. The number of alkyl halides is 3. The number of hydrogen-bond acceptors (Lipinski definition) is 3. The van der Waals surface area contributed by atoms with Crippen LogP contribution in [0.1, 0.15) is 25.7 Å². The maximum Gasteiger partial charge on any atom is 0.453 e. The van der Waals surface area contributed by atoms with Gasteiger partial charge < -0.3 is 0 Å². The Bertz CT molecular complexity index is 424. The molecule has 0 bridgehead atoms. The lowest BCUT2D eigenvalue weighted by molar-refractivity contribution is -0.148. The van der Waals surface area contributed by atoms with E-state index >= 15 is 0 Å². The number of hydrogen-bond donors (Lipinski definition) is 0. The van der Waals surface area contributed by atoms with Crippen molar-refractivity contribution in [2.75, 3.05) is 0 Å². The van der Waals surface area contributed by atoms with Crippen LogP contribution in [0.3, 0.4) is 0 Å². The Morgan fingerprint density at radius 2 is 1.44 bits per heavy atom. The minimum absolute atomic E-state index is 0.392. The molecule has 18 heavy (non-hydrogen) atoms. The Labute approximate surface area is 102 Å². The van der Waals surface area contributed by atoms with Crippen LogP contribution in [0.15, 0.2) is 36.4 Å². The molecular weight excluding hydrogens is 245 g/mol. The zero-order chi connectivity index (χ0) is 13.6. The number of benzene rings is 1. The third kappa shape index (κ3) is 4.15. The first kappa shape index (κ1) is 14.1. The van der Waals surface area contributed by atoms with Crippen molar-refractivity contribution in [3.05, 3.63) is 42.2 Å². The predicted octanol–water partition coefficient (Wildman–Crippen LogP) is 2.96. The van der Waals surface area contributed by atoms with E-state index in [0.29, 0.717) is 0 Å². The van der Waals surface area contributed by atoms with Crippen molar-refractivity contribution in [2.45, 2.75) is 26.1 Å². The van der Waals surface area contributed by atoms with Crippen LogP contribution in [0.4, 0.5) is 13.2 Å². The molecule has 0 aliphatic rings. The zero-order valence-electron chi connectivity index (χ0n) is 9.96. The first-order valence-electron chi connectivity index (χ1n) is 5.28. The Balaban J connectivity index is 0.000000225. The molecule has 0 aliphatic heterocycles. The third-order valence-electron chi connectivity index (χ3n) is 1.90. The molecule has 7 heteroatoms. The van der Waals surface area contributed by atoms with Crippen LogP contribution >= 0.6 is 0 Å². The molecule has 0 aliphatic carbocycles. The number of rotatable bonds is 1. The van der Waals surface area contributed by atoms with Gasteiger partial charge in [-0.1, -0.05) is 36.4 Å². The zero-order valence-corrected chi connectivity index (χ0v) is 9.96. The van der Waals surface area contributed by atoms with Gasteiger partial charge in [-0.2, -0.15) is 13.2 Å². The lowest BCUT2D eigenvalue weighted by Crippen LogP contribution is -2.17. The quantitative estimate of drug-likeness (QED) is 0.789. The van der Waals surface area contributed by atoms with E-state index in [1.807, 2.05) is 36.4 Å². The fourth-order valence-electron chi connectivity index (χ4n) is 1.11. The fraction of sp³-hybridized carbons (Fsp3) is 0.364. The number of halogens is 3. The van der Waals surface area contributed by atoms with Crippen LogP contribution in [-0.2, 0) is 6.18 Å². The monoisotopic (exact) mass is 258 g/mol. The Morgan fingerprint density at radius 1 is 1.00 bits per heavy atom. The Hall–Kier alpha value is -1.92. The predicted molar refractivity (Wildman–Crippen MR) is 59.6 cm³/mol. The van der Waals surface area contributed by atoms with Gasteiger partial charge in [0.2, 0.25) is 0 Å². The van der Waals surface area contributed by atoms with Crippen molar-refractivity contribution in [1.82, 2.24) is 20.2 Å². The molecule has 4 nitrogen and oxygen atoms in total. The average molecular weight is 258 g/mol. The van der Waals surface area contributed by atoms with E-state index in [1.165, 1.54) is 0 Å². The highest BCUT2D eigenvalue weighted by Crippen LogP contribution is 2.27. The second-order valence-electron chi connectivity index (χ2n) is 3.69. The Kier molecular flexibility index (Phi) is 4.82. The summed E-state index contributed by atoms with van der Waals surface area (Å²) in [5.41, 5.74) is 0. The standard InChI is InChI=1S/C6H6.C5H7F3N4/c1-2-4-6-5-3-1;1-3(2)12-4(5(6,7)8)9-10-11-12/h1-6H;3H,1-2H3. The van der Waals surface area contributed by atoms with Crippen molar-refractivity contribution < 1.29 is 13.2 Å². The minimum Gasteiger partial charge on any atom is -0.219 e. The lowest BCUT2D eigenvalue weighted by atomic mass is 10.4. The second-order valence-corrected chi connectivity index (χ2v) is 3.69. The fourth-order valence-corrected chi connectivity index (χ4v) is 1.11. The highest BCUT2D eigenvalue weighted by atomic mass is 19.4. The highest BCUT2D eigenvalue weighted by molar-refractivity contribution is 4.99. The van der Waals surface area contributed by atoms with Gasteiger partial charge in [0.25, 0.3) is 5.82 Å². The molecule has 2 aromatic rings. The van der Waals surface area contributed by atoms with E-state index in [4.69, 9.17) is 0 Å². The second kappa shape index (κ2) is 6.13. The molecule has 1 aromatic carbocycles. The van der Waals surface area contributed by atoms with E-state index in [1.54, 1.807) is 13.8 Å². The van der Waals surface area contributed by atoms with Crippen molar-refractivity contribution in [1.29, 1.82) is 0 Å². The summed E-state index contributed by atoms with van der Waals surface area (Å²) in [5.74, 6) is -1.06. The summed E-state index contributed by atoms with van der Waals surface area (Å²) in [7, 11) is 0. The molecule has 0 fully saturated rings. The van der Waals surface area contributed by atoms with Gasteiger partial charge in [-0.15, -0.1) is 5.10 Å². The average Bonchev–Trinajstić information content (AvgIpc) is 2.81. The van der Waals surface area contributed by atoms with Gasteiger partial charge in [-0.25, -0.2) is 4.68 Å². The first-order chi connectivity index (χ1) is 8.43. The van der Waals surface area contributed by atoms with E-state index in [2.05, 4.69) is 15.5 Å². The normalized spacial score (nSPS) is 11.0. The third-order valence-corrected chi connectivity index (χ3v) is 1.90. The van der Waals surface area contributed by atoms with Crippen molar-refractivity contribution >= 4 is 0 Å². The van der Waals surface area contributed by atoms with Crippen LogP contribution < -0.4 is 0 Å². The summed E-state index contributed by atoms with van der Waals surface area (Å²) in [6.45, 7) is 3.15. The minimum atomic E-state index is -4.48. The van der Waals surface area contributed by atoms with Gasteiger partial charge in [0, 0.05) is 0 Å². The summed E-state index contributed by atoms with van der Waals surface area (Å²) in [4.78, 5) is 0. The molecule has 0 N–H and O–H groups in total. The van der Waals surface area contributed by atoms with E-state index in [-0.39, 0.29) is 0 Å². The van der Waals surface area contributed by atoms with Gasteiger partial charge in [-0.3, -0.25) is 0 Å². The summed E-state index contributed by atoms with van der Waals surface area (Å²) in [6, 6.07) is 11.6. The van der Waals surface area contributed by atoms with Gasteiger partial charge >= 0.3 is 6.18 Å². The SMILES string of the molecule is CC(C)n1nnnc1C(F)(F)F.c1ccccc1. The number of nitrogens with zero attached hydrogens (tertiary/aromatic N) is 4.